The number of nitrogens with zero attached hydrogens (tertiary/aromatic N) is 1. The van der Waals surface area contributed by atoms with Crippen molar-refractivity contribution in [1.29, 1.82) is 0 Å². The van der Waals surface area contributed by atoms with Crippen molar-refractivity contribution in [3.8, 4) is 11.5 Å². The van der Waals surface area contributed by atoms with E-state index in [0.29, 0.717) is 38.5 Å². The third kappa shape index (κ3) is 8.02. The largest absolute Gasteiger partial charge is 0.497 e. The molecule has 0 saturated carbocycles. The van der Waals surface area contributed by atoms with Crippen LogP contribution in [0, 0.1) is 0 Å². The topological polar surface area (TPSA) is 118 Å². The minimum atomic E-state index is -0.927. The summed E-state index contributed by atoms with van der Waals surface area (Å²) in [6.45, 7) is -0.230. The molecular formula is C24H20Cl2N4O5. The van der Waals surface area contributed by atoms with Gasteiger partial charge in [-0.25, -0.2) is 5.43 Å². The fourth-order valence-corrected chi connectivity index (χ4v) is 3.11. The van der Waals surface area contributed by atoms with Gasteiger partial charge in [-0.05, 0) is 72.3 Å². The lowest BCUT2D eigenvalue weighted by Gasteiger charge is -2.09. The summed E-state index contributed by atoms with van der Waals surface area (Å²) in [5, 5.41) is 9.63. The minimum Gasteiger partial charge on any atom is -0.497 e. The van der Waals surface area contributed by atoms with Crippen molar-refractivity contribution in [3.05, 3.63) is 82.3 Å². The molecule has 180 valence electrons. The number of carbonyl (C=O) groups is 3. The molecule has 0 saturated heterocycles. The molecule has 0 heterocycles. The molecule has 11 heteroatoms. The van der Waals surface area contributed by atoms with Crippen LogP contribution in [-0.4, -0.2) is 37.7 Å². The zero-order valence-corrected chi connectivity index (χ0v) is 19.9. The lowest BCUT2D eigenvalue weighted by molar-refractivity contribution is -0.136. The van der Waals surface area contributed by atoms with Gasteiger partial charge in [0.15, 0.2) is 6.61 Å². The number of carbonyl (C=O) groups excluding carboxylic acids is 3. The first-order valence-electron chi connectivity index (χ1n) is 10.1. The van der Waals surface area contributed by atoms with E-state index in [1.165, 1.54) is 19.4 Å². The van der Waals surface area contributed by atoms with Gasteiger partial charge in [0.1, 0.15) is 11.5 Å². The number of methoxy groups -OCH3 is 1. The van der Waals surface area contributed by atoms with Crippen LogP contribution in [0.3, 0.4) is 0 Å². The number of benzene rings is 3. The smallest absolute Gasteiger partial charge is 0.329 e. The molecule has 0 spiro atoms. The predicted molar refractivity (Wildman–Crippen MR) is 134 cm³/mol. The van der Waals surface area contributed by atoms with E-state index in [1.54, 1.807) is 60.7 Å². The Morgan fingerprint density at radius 3 is 2.23 bits per heavy atom. The normalized spacial score (nSPS) is 10.5. The van der Waals surface area contributed by atoms with E-state index in [4.69, 9.17) is 32.7 Å². The Hall–Kier alpha value is -4.08. The van der Waals surface area contributed by atoms with Crippen molar-refractivity contribution in [3.63, 3.8) is 0 Å². The monoisotopic (exact) mass is 514 g/mol. The molecule has 0 unspecified atom stereocenters. The quantitative estimate of drug-likeness (QED) is 0.237. The lowest BCUT2D eigenvalue weighted by atomic mass is 10.2. The third-order valence-electron chi connectivity index (χ3n) is 4.39. The SMILES string of the molecule is COc1ccc(NC(=O)C(=O)N/N=C\c2ccc(OCC(=O)Nc3ccc(Cl)cc3Cl)cc2)cc1. The van der Waals surface area contributed by atoms with Crippen molar-refractivity contribution in [2.45, 2.75) is 0 Å². The van der Waals surface area contributed by atoms with Crippen molar-refractivity contribution in [1.82, 2.24) is 5.43 Å². The second-order valence-corrected chi connectivity index (χ2v) is 7.76. The molecule has 3 rings (SSSR count). The van der Waals surface area contributed by atoms with Gasteiger partial charge in [-0.3, -0.25) is 14.4 Å². The van der Waals surface area contributed by atoms with E-state index in [2.05, 4.69) is 21.2 Å². The molecule has 0 aliphatic rings. The summed E-state index contributed by atoms with van der Waals surface area (Å²) < 4.78 is 10.5. The van der Waals surface area contributed by atoms with Gasteiger partial charge in [-0.2, -0.15) is 5.10 Å². The zero-order valence-electron chi connectivity index (χ0n) is 18.4. The highest BCUT2D eigenvalue weighted by molar-refractivity contribution is 6.39. The second-order valence-electron chi connectivity index (χ2n) is 6.91. The van der Waals surface area contributed by atoms with Gasteiger partial charge in [-0.1, -0.05) is 23.2 Å². The van der Waals surface area contributed by atoms with Crippen LogP contribution < -0.4 is 25.5 Å². The van der Waals surface area contributed by atoms with Crippen LogP contribution in [-0.2, 0) is 14.4 Å². The van der Waals surface area contributed by atoms with Crippen LogP contribution in [0.1, 0.15) is 5.56 Å². The maximum atomic E-state index is 12.1. The molecular weight excluding hydrogens is 495 g/mol. The highest BCUT2D eigenvalue weighted by atomic mass is 35.5. The van der Waals surface area contributed by atoms with Crippen LogP contribution in [0.5, 0.6) is 11.5 Å². The molecule has 0 fully saturated rings. The van der Waals surface area contributed by atoms with E-state index in [9.17, 15) is 14.4 Å². The highest BCUT2D eigenvalue weighted by Crippen LogP contribution is 2.25. The Kier molecular flexibility index (Phi) is 9.05. The van der Waals surface area contributed by atoms with Crippen LogP contribution in [0.4, 0.5) is 11.4 Å². The number of halogens is 2. The van der Waals surface area contributed by atoms with E-state index in [-0.39, 0.29) is 6.61 Å². The molecule has 3 aromatic carbocycles. The number of hydrogen-bond acceptors (Lipinski definition) is 6. The summed E-state index contributed by atoms with van der Waals surface area (Å²) in [7, 11) is 1.53. The fraction of sp³-hybridized carbons (Fsp3) is 0.0833. The third-order valence-corrected chi connectivity index (χ3v) is 4.94. The Morgan fingerprint density at radius 1 is 0.886 bits per heavy atom. The van der Waals surface area contributed by atoms with Gasteiger partial charge in [-0.15, -0.1) is 0 Å². The number of rotatable bonds is 8. The summed E-state index contributed by atoms with van der Waals surface area (Å²) in [6, 6.07) is 17.8. The number of nitrogens with one attached hydrogen (secondary N) is 3. The maximum Gasteiger partial charge on any atom is 0.329 e. The summed E-state index contributed by atoms with van der Waals surface area (Å²) in [5.41, 5.74) is 3.65. The average molecular weight is 515 g/mol. The molecule has 3 amide bonds. The maximum absolute atomic E-state index is 12.1. The Bertz CT molecular complexity index is 1230. The highest BCUT2D eigenvalue weighted by Gasteiger charge is 2.13. The number of ether oxygens (including phenoxy) is 2. The van der Waals surface area contributed by atoms with Crippen LogP contribution >= 0.6 is 23.2 Å². The number of hydrazone groups is 1. The van der Waals surface area contributed by atoms with Crippen molar-refractivity contribution in [2.24, 2.45) is 5.10 Å². The molecule has 0 atom stereocenters. The number of amides is 3. The Morgan fingerprint density at radius 2 is 1.57 bits per heavy atom. The van der Waals surface area contributed by atoms with Gasteiger partial charge >= 0.3 is 11.8 Å². The lowest BCUT2D eigenvalue weighted by Crippen LogP contribution is -2.32. The van der Waals surface area contributed by atoms with E-state index >= 15 is 0 Å². The summed E-state index contributed by atoms with van der Waals surface area (Å²) >= 11 is 11.9. The Labute approximate surface area is 211 Å². The van der Waals surface area contributed by atoms with Crippen LogP contribution in [0.2, 0.25) is 10.0 Å². The molecule has 0 bridgehead atoms. The fourth-order valence-electron chi connectivity index (χ4n) is 2.65. The summed E-state index contributed by atoms with van der Waals surface area (Å²) in [6.07, 6.45) is 1.36. The van der Waals surface area contributed by atoms with Crippen LogP contribution in [0.15, 0.2) is 71.8 Å². The molecule has 3 N–H and O–H groups in total. The average Bonchev–Trinajstić information content (AvgIpc) is 2.85. The Balaban J connectivity index is 1.43. The predicted octanol–water partition coefficient (Wildman–Crippen LogP) is 4.11. The van der Waals surface area contributed by atoms with Crippen LogP contribution in [0.25, 0.3) is 0 Å². The van der Waals surface area contributed by atoms with Crippen molar-refractivity contribution >= 4 is 58.5 Å². The van der Waals surface area contributed by atoms with Gasteiger partial charge in [0, 0.05) is 10.7 Å². The molecule has 0 radical (unpaired) electrons. The summed E-state index contributed by atoms with van der Waals surface area (Å²) in [4.78, 5) is 35.9. The van der Waals surface area contributed by atoms with Gasteiger partial charge in [0.05, 0.1) is 24.0 Å². The first-order valence-corrected chi connectivity index (χ1v) is 10.9. The van der Waals surface area contributed by atoms with E-state index in [1.807, 2.05) is 0 Å². The first kappa shape index (κ1) is 25.5. The van der Waals surface area contributed by atoms with Crippen molar-refractivity contribution in [2.75, 3.05) is 24.4 Å². The molecule has 35 heavy (non-hydrogen) atoms. The first-order chi connectivity index (χ1) is 16.8. The van der Waals surface area contributed by atoms with Gasteiger partial charge in [0.2, 0.25) is 0 Å². The number of anilines is 2. The molecule has 3 aromatic rings. The summed E-state index contributed by atoms with van der Waals surface area (Å²) in [5.74, 6) is -1.12. The molecule has 0 aliphatic heterocycles. The van der Waals surface area contributed by atoms with Gasteiger partial charge in [0.25, 0.3) is 5.91 Å². The standard InChI is InChI=1S/C24H20Cl2N4O5/c1-34-18-9-5-17(6-10-18)28-23(32)24(33)30-27-13-15-2-7-19(8-3-15)35-14-22(31)29-21-11-4-16(25)12-20(21)26/h2-13H,14H2,1H3,(H,28,32)(H,29,31)(H,30,33)/b27-13-. The minimum absolute atomic E-state index is 0.230. The molecule has 0 aromatic heterocycles. The zero-order chi connectivity index (χ0) is 25.2. The van der Waals surface area contributed by atoms with E-state index < -0.39 is 17.7 Å². The van der Waals surface area contributed by atoms with Gasteiger partial charge < -0.3 is 20.1 Å². The van der Waals surface area contributed by atoms with Crippen molar-refractivity contribution < 1.29 is 23.9 Å². The second kappa shape index (κ2) is 12.4. The molecule has 9 nitrogen and oxygen atoms in total. The van der Waals surface area contributed by atoms with E-state index in [0.717, 1.165) is 0 Å². The number of hydrogen-bond donors (Lipinski definition) is 3. The molecule has 0 aliphatic carbocycles.